The van der Waals surface area contributed by atoms with Crippen LogP contribution in [0.1, 0.15) is 6.92 Å². The Morgan fingerprint density at radius 3 is 2.47 bits per heavy atom. The number of amides is 1. The molecule has 3 N–H and O–H groups in total. The summed E-state index contributed by atoms with van der Waals surface area (Å²) in [5.41, 5.74) is 1.59. The van der Waals surface area contributed by atoms with Gasteiger partial charge in [-0.05, 0) is 31.2 Å². The second kappa shape index (κ2) is 8.34. The average molecular weight is 268 g/mol. The lowest BCUT2D eigenvalue weighted by Crippen LogP contribution is -2.26. The summed E-state index contributed by atoms with van der Waals surface area (Å²) in [6, 6.07) is 7.24. The molecule has 6 heteroatoms. The van der Waals surface area contributed by atoms with Crippen LogP contribution in [0.15, 0.2) is 24.3 Å². The van der Waals surface area contributed by atoms with Crippen LogP contribution >= 0.6 is 0 Å². The standard InChI is InChI=1S/C13H20N2O4/c1-2-15(7-8-16)12-5-3-11(4-6-12)14-13(18)19-10-9-17/h3-6,16-17H,2,7-10H2,1H3,(H,14,18). The van der Waals surface area contributed by atoms with Crippen LogP contribution in [0.5, 0.6) is 0 Å². The highest BCUT2D eigenvalue weighted by atomic mass is 16.6. The number of anilines is 2. The topological polar surface area (TPSA) is 82.0 Å². The number of benzene rings is 1. The molecule has 1 aromatic rings. The number of nitrogens with zero attached hydrogens (tertiary/aromatic N) is 1. The van der Waals surface area contributed by atoms with E-state index in [1.165, 1.54) is 0 Å². The number of hydrogen-bond acceptors (Lipinski definition) is 5. The number of hydrogen-bond donors (Lipinski definition) is 3. The summed E-state index contributed by atoms with van der Waals surface area (Å²) in [7, 11) is 0. The molecule has 1 aromatic carbocycles. The van der Waals surface area contributed by atoms with Gasteiger partial charge in [0.2, 0.25) is 0 Å². The smallest absolute Gasteiger partial charge is 0.411 e. The zero-order chi connectivity index (χ0) is 14.1. The summed E-state index contributed by atoms with van der Waals surface area (Å²) in [6.45, 7) is 3.26. The number of nitrogens with one attached hydrogen (secondary N) is 1. The van der Waals surface area contributed by atoms with E-state index in [9.17, 15) is 4.79 Å². The minimum Gasteiger partial charge on any atom is -0.447 e. The van der Waals surface area contributed by atoms with E-state index < -0.39 is 6.09 Å². The molecule has 0 spiro atoms. The van der Waals surface area contributed by atoms with Crippen molar-refractivity contribution < 1.29 is 19.7 Å². The molecule has 1 rings (SSSR count). The highest BCUT2D eigenvalue weighted by molar-refractivity contribution is 5.84. The van der Waals surface area contributed by atoms with Crippen LogP contribution < -0.4 is 10.2 Å². The Bertz CT molecular complexity index is 381. The fourth-order valence-corrected chi connectivity index (χ4v) is 1.64. The minimum atomic E-state index is -0.593. The van der Waals surface area contributed by atoms with Crippen LogP contribution in [0, 0.1) is 0 Å². The molecule has 6 nitrogen and oxygen atoms in total. The van der Waals surface area contributed by atoms with Crippen molar-refractivity contribution in [3.05, 3.63) is 24.3 Å². The predicted molar refractivity (Wildman–Crippen MR) is 73.5 cm³/mol. The Morgan fingerprint density at radius 1 is 1.26 bits per heavy atom. The zero-order valence-corrected chi connectivity index (χ0v) is 11.0. The zero-order valence-electron chi connectivity index (χ0n) is 11.0. The van der Waals surface area contributed by atoms with E-state index in [0.29, 0.717) is 12.2 Å². The fraction of sp³-hybridized carbons (Fsp3) is 0.462. The number of likely N-dealkylation sites (N-methyl/N-ethyl adjacent to an activating group) is 1. The molecule has 0 bridgehead atoms. The van der Waals surface area contributed by atoms with Crippen molar-refractivity contribution >= 4 is 17.5 Å². The third kappa shape index (κ3) is 5.15. The van der Waals surface area contributed by atoms with Gasteiger partial charge in [-0.15, -0.1) is 0 Å². The molecule has 0 radical (unpaired) electrons. The van der Waals surface area contributed by atoms with Gasteiger partial charge in [-0.2, -0.15) is 0 Å². The normalized spacial score (nSPS) is 10.1. The first kappa shape index (κ1) is 15.3. The van der Waals surface area contributed by atoms with Gasteiger partial charge in [0.15, 0.2) is 0 Å². The van der Waals surface area contributed by atoms with E-state index in [1.54, 1.807) is 12.1 Å². The second-order valence-corrected chi connectivity index (χ2v) is 3.83. The van der Waals surface area contributed by atoms with Gasteiger partial charge >= 0.3 is 6.09 Å². The summed E-state index contributed by atoms with van der Waals surface area (Å²) in [6.07, 6.45) is -0.593. The Morgan fingerprint density at radius 2 is 1.95 bits per heavy atom. The molecular formula is C13H20N2O4. The number of rotatable bonds is 7. The van der Waals surface area contributed by atoms with Gasteiger partial charge in [0.25, 0.3) is 0 Å². The molecule has 0 unspecified atom stereocenters. The van der Waals surface area contributed by atoms with Gasteiger partial charge in [0.05, 0.1) is 13.2 Å². The fourth-order valence-electron chi connectivity index (χ4n) is 1.64. The predicted octanol–water partition coefficient (Wildman–Crippen LogP) is 1.05. The molecule has 0 fully saturated rings. The van der Waals surface area contributed by atoms with Crippen molar-refractivity contribution in [3.63, 3.8) is 0 Å². The number of aliphatic hydroxyl groups is 2. The van der Waals surface area contributed by atoms with Gasteiger partial charge in [-0.1, -0.05) is 0 Å². The molecule has 0 atom stereocenters. The van der Waals surface area contributed by atoms with E-state index in [-0.39, 0.29) is 19.8 Å². The third-order valence-corrected chi connectivity index (χ3v) is 2.55. The molecular weight excluding hydrogens is 248 g/mol. The molecule has 106 valence electrons. The number of carbonyl (C=O) groups excluding carboxylic acids is 1. The van der Waals surface area contributed by atoms with Crippen LogP contribution in [0.25, 0.3) is 0 Å². The average Bonchev–Trinajstić information content (AvgIpc) is 2.43. The highest BCUT2D eigenvalue weighted by Crippen LogP contribution is 2.17. The second-order valence-electron chi connectivity index (χ2n) is 3.83. The van der Waals surface area contributed by atoms with Crippen LogP contribution in [-0.4, -0.2) is 49.2 Å². The molecule has 1 amide bonds. The first-order valence-corrected chi connectivity index (χ1v) is 6.21. The number of ether oxygens (including phenoxy) is 1. The summed E-state index contributed by atoms with van der Waals surface area (Å²) in [5.74, 6) is 0. The number of carbonyl (C=O) groups is 1. The molecule has 0 aliphatic heterocycles. The lowest BCUT2D eigenvalue weighted by molar-refractivity contribution is 0.131. The lowest BCUT2D eigenvalue weighted by Gasteiger charge is -2.22. The van der Waals surface area contributed by atoms with E-state index >= 15 is 0 Å². The maximum atomic E-state index is 11.3. The number of aliphatic hydroxyl groups excluding tert-OH is 2. The van der Waals surface area contributed by atoms with Crippen LogP contribution in [0.2, 0.25) is 0 Å². The van der Waals surface area contributed by atoms with Crippen LogP contribution in [-0.2, 0) is 4.74 Å². The Hall–Kier alpha value is -1.79. The van der Waals surface area contributed by atoms with Crippen molar-refractivity contribution in [3.8, 4) is 0 Å². The maximum absolute atomic E-state index is 11.3. The van der Waals surface area contributed by atoms with Crippen molar-refractivity contribution in [2.75, 3.05) is 43.1 Å². The quantitative estimate of drug-likeness (QED) is 0.688. The molecule has 0 aliphatic rings. The summed E-state index contributed by atoms with van der Waals surface area (Å²) in [5, 5.41) is 20.0. The minimum absolute atomic E-state index is 0.0238. The summed E-state index contributed by atoms with van der Waals surface area (Å²) >= 11 is 0. The van der Waals surface area contributed by atoms with Gasteiger partial charge in [0.1, 0.15) is 6.61 Å². The SMILES string of the molecule is CCN(CCO)c1ccc(NC(=O)OCCO)cc1. The first-order valence-electron chi connectivity index (χ1n) is 6.21. The van der Waals surface area contributed by atoms with E-state index in [4.69, 9.17) is 10.2 Å². The Kier molecular flexibility index (Phi) is 6.70. The molecule has 0 aliphatic carbocycles. The van der Waals surface area contributed by atoms with Gasteiger partial charge in [-0.25, -0.2) is 4.79 Å². The molecule has 0 saturated carbocycles. The molecule has 0 heterocycles. The van der Waals surface area contributed by atoms with Crippen molar-refractivity contribution in [1.29, 1.82) is 0 Å². The van der Waals surface area contributed by atoms with Crippen molar-refractivity contribution in [2.24, 2.45) is 0 Å². The Balaban J connectivity index is 2.58. The largest absolute Gasteiger partial charge is 0.447 e. The summed E-state index contributed by atoms with van der Waals surface area (Å²) < 4.78 is 4.69. The van der Waals surface area contributed by atoms with Crippen LogP contribution in [0.4, 0.5) is 16.2 Å². The van der Waals surface area contributed by atoms with E-state index in [0.717, 1.165) is 12.2 Å². The van der Waals surface area contributed by atoms with Crippen molar-refractivity contribution in [1.82, 2.24) is 0 Å². The van der Waals surface area contributed by atoms with Crippen molar-refractivity contribution in [2.45, 2.75) is 6.92 Å². The lowest BCUT2D eigenvalue weighted by atomic mass is 10.2. The summed E-state index contributed by atoms with van der Waals surface area (Å²) in [4.78, 5) is 13.3. The van der Waals surface area contributed by atoms with Gasteiger partial charge in [-0.3, -0.25) is 5.32 Å². The first-order chi connectivity index (χ1) is 9.21. The maximum Gasteiger partial charge on any atom is 0.411 e. The van der Waals surface area contributed by atoms with Gasteiger partial charge < -0.3 is 19.8 Å². The Labute approximate surface area is 112 Å². The molecule has 0 saturated heterocycles. The van der Waals surface area contributed by atoms with E-state index in [1.807, 2.05) is 24.0 Å². The monoisotopic (exact) mass is 268 g/mol. The molecule has 0 aromatic heterocycles. The third-order valence-electron chi connectivity index (χ3n) is 2.55. The van der Waals surface area contributed by atoms with Gasteiger partial charge in [0, 0.05) is 24.5 Å². The highest BCUT2D eigenvalue weighted by Gasteiger charge is 2.05. The van der Waals surface area contributed by atoms with Crippen LogP contribution in [0.3, 0.4) is 0 Å². The van der Waals surface area contributed by atoms with E-state index in [2.05, 4.69) is 10.1 Å². The molecule has 19 heavy (non-hydrogen) atoms.